The van der Waals surface area contributed by atoms with E-state index in [2.05, 4.69) is 56.9 Å². The molecule has 1 heterocycles. The van der Waals surface area contributed by atoms with Gasteiger partial charge in [0.15, 0.2) is 0 Å². The van der Waals surface area contributed by atoms with Crippen molar-refractivity contribution >= 4 is 15.9 Å². The Labute approximate surface area is 119 Å². The van der Waals surface area contributed by atoms with Crippen LogP contribution in [0.2, 0.25) is 0 Å². The van der Waals surface area contributed by atoms with Gasteiger partial charge < -0.3 is 10.2 Å². The number of nitrogens with one attached hydrogen (secondary N) is 1. The van der Waals surface area contributed by atoms with Crippen molar-refractivity contribution in [3.8, 4) is 0 Å². The summed E-state index contributed by atoms with van der Waals surface area (Å²) in [6, 6.07) is 0.491. The molecule has 0 radical (unpaired) electrons. The summed E-state index contributed by atoms with van der Waals surface area (Å²) in [5, 5.41) is 7.95. The van der Waals surface area contributed by atoms with Crippen LogP contribution in [0.3, 0.4) is 0 Å². The first-order valence-electron chi connectivity index (χ1n) is 6.53. The van der Waals surface area contributed by atoms with Crippen LogP contribution in [0, 0.1) is 6.92 Å². The second-order valence-corrected chi connectivity index (χ2v) is 5.74. The number of aromatic nitrogens is 2. The van der Waals surface area contributed by atoms with Crippen molar-refractivity contribution in [3.05, 3.63) is 15.9 Å². The number of rotatable bonds is 7. The van der Waals surface area contributed by atoms with Crippen molar-refractivity contribution in [1.29, 1.82) is 0 Å². The standard InChI is InChI=1S/C13H25BrN4/c1-6-18-12(13(14)10(2)16-18)9-11(15-3)7-8-17(4)5/h11,15H,6-9H2,1-5H3. The van der Waals surface area contributed by atoms with Gasteiger partial charge in [0.1, 0.15) is 0 Å². The van der Waals surface area contributed by atoms with E-state index in [1.165, 1.54) is 5.69 Å². The summed E-state index contributed by atoms with van der Waals surface area (Å²) in [5.41, 5.74) is 2.38. The minimum absolute atomic E-state index is 0.491. The van der Waals surface area contributed by atoms with E-state index < -0.39 is 0 Å². The fraction of sp³-hybridized carbons (Fsp3) is 0.769. The Hall–Kier alpha value is -0.390. The first-order valence-corrected chi connectivity index (χ1v) is 7.32. The normalized spacial score (nSPS) is 13.3. The largest absolute Gasteiger partial charge is 0.317 e. The van der Waals surface area contributed by atoms with Crippen molar-refractivity contribution in [3.63, 3.8) is 0 Å². The van der Waals surface area contributed by atoms with Crippen LogP contribution in [0.25, 0.3) is 0 Å². The topological polar surface area (TPSA) is 33.1 Å². The molecular formula is C13H25BrN4. The van der Waals surface area contributed by atoms with Crippen LogP contribution in [0.15, 0.2) is 4.47 Å². The summed E-state index contributed by atoms with van der Waals surface area (Å²) in [7, 11) is 6.26. The summed E-state index contributed by atoms with van der Waals surface area (Å²) < 4.78 is 3.26. The van der Waals surface area contributed by atoms with Crippen LogP contribution in [0.5, 0.6) is 0 Å². The lowest BCUT2D eigenvalue weighted by Gasteiger charge is -2.19. The van der Waals surface area contributed by atoms with Crippen LogP contribution >= 0.6 is 15.9 Å². The Morgan fingerprint density at radius 1 is 1.44 bits per heavy atom. The summed E-state index contributed by atoms with van der Waals surface area (Å²) >= 11 is 3.66. The summed E-state index contributed by atoms with van der Waals surface area (Å²) in [6.07, 6.45) is 2.16. The lowest BCUT2D eigenvalue weighted by molar-refractivity contribution is 0.361. The van der Waals surface area contributed by atoms with Crippen molar-refractivity contribution in [2.75, 3.05) is 27.7 Å². The molecule has 0 aliphatic carbocycles. The summed E-state index contributed by atoms with van der Waals surface area (Å²) in [6.45, 7) is 6.21. The van der Waals surface area contributed by atoms with E-state index in [0.29, 0.717) is 6.04 Å². The van der Waals surface area contributed by atoms with E-state index in [9.17, 15) is 0 Å². The molecule has 0 spiro atoms. The van der Waals surface area contributed by atoms with Gasteiger partial charge in [-0.15, -0.1) is 0 Å². The second-order valence-electron chi connectivity index (χ2n) is 4.94. The Bertz CT molecular complexity index is 373. The van der Waals surface area contributed by atoms with Crippen molar-refractivity contribution in [2.45, 2.75) is 39.3 Å². The third kappa shape index (κ3) is 4.07. The number of nitrogens with zero attached hydrogens (tertiary/aromatic N) is 3. The molecule has 1 aromatic rings. The molecule has 18 heavy (non-hydrogen) atoms. The van der Waals surface area contributed by atoms with Crippen LogP contribution < -0.4 is 5.32 Å². The molecule has 5 heteroatoms. The molecule has 0 saturated carbocycles. The van der Waals surface area contributed by atoms with E-state index >= 15 is 0 Å². The molecule has 104 valence electrons. The zero-order valence-corrected chi connectivity index (χ0v) is 13.7. The lowest BCUT2D eigenvalue weighted by atomic mass is 10.1. The predicted octanol–water partition coefficient (Wildman–Crippen LogP) is 2.06. The molecule has 0 aliphatic rings. The first-order chi connectivity index (χ1) is 8.49. The maximum atomic E-state index is 4.54. The van der Waals surface area contributed by atoms with Crippen LogP contribution in [-0.2, 0) is 13.0 Å². The third-order valence-electron chi connectivity index (χ3n) is 3.23. The van der Waals surface area contributed by atoms with E-state index in [4.69, 9.17) is 0 Å². The fourth-order valence-electron chi connectivity index (χ4n) is 2.06. The Balaban J connectivity index is 2.74. The summed E-state index contributed by atoms with van der Waals surface area (Å²) in [4.78, 5) is 2.22. The first kappa shape index (κ1) is 15.7. The molecule has 0 aromatic carbocycles. The quantitative estimate of drug-likeness (QED) is 0.836. The molecule has 1 aromatic heterocycles. The molecule has 4 nitrogen and oxygen atoms in total. The highest BCUT2D eigenvalue weighted by atomic mass is 79.9. The molecule has 0 aliphatic heterocycles. The van der Waals surface area contributed by atoms with E-state index in [0.717, 1.165) is 36.1 Å². The smallest absolute Gasteiger partial charge is 0.0738 e. The number of hydrogen-bond donors (Lipinski definition) is 1. The maximum Gasteiger partial charge on any atom is 0.0738 e. The Morgan fingerprint density at radius 3 is 2.61 bits per heavy atom. The highest BCUT2D eigenvalue weighted by molar-refractivity contribution is 9.10. The van der Waals surface area contributed by atoms with Gasteiger partial charge >= 0.3 is 0 Å². The van der Waals surface area contributed by atoms with Gasteiger partial charge in [-0.25, -0.2) is 0 Å². The van der Waals surface area contributed by atoms with Crippen molar-refractivity contribution < 1.29 is 0 Å². The SMILES string of the molecule is CCn1nc(C)c(Br)c1CC(CCN(C)C)NC. The minimum atomic E-state index is 0.491. The summed E-state index contributed by atoms with van der Waals surface area (Å²) in [5.74, 6) is 0. The molecule has 1 atom stereocenters. The van der Waals surface area contributed by atoms with E-state index in [-0.39, 0.29) is 0 Å². The Kier molecular flexibility index (Phi) is 6.32. The predicted molar refractivity (Wildman–Crippen MR) is 80.1 cm³/mol. The van der Waals surface area contributed by atoms with Crippen LogP contribution in [0.4, 0.5) is 0 Å². The average molecular weight is 317 g/mol. The van der Waals surface area contributed by atoms with Gasteiger partial charge in [-0.1, -0.05) is 0 Å². The van der Waals surface area contributed by atoms with Crippen LogP contribution in [-0.4, -0.2) is 48.4 Å². The van der Waals surface area contributed by atoms with Gasteiger partial charge in [0.2, 0.25) is 0 Å². The molecule has 0 bridgehead atoms. The molecular weight excluding hydrogens is 292 g/mol. The monoisotopic (exact) mass is 316 g/mol. The number of halogens is 1. The molecule has 1 rings (SSSR count). The molecule has 0 fully saturated rings. The van der Waals surface area contributed by atoms with Crippen molar-refractivity contribution in [1.82, 2.24) is 20.0 Å². The van der Waals surface area contributed by atoms with Crippen LogP contribution in [0.1, 0.15) is 24.7 Å². The zero-order valence-electron chi connectivity index (χ0n) is 12.1. The van der Waals surface area contributed by atoms with Crippen molar-refractivity contribution in [2.24, 2.45) is 0 Å². The molecule has 1 unspecified atom stereocenters. The van der Waals surface area contributed by atoms with Gasteiger partial charge in [-0.2, -0.15) is 5.10 Å². The van der Waals surface area contributed by atoms with Gasteiger partial charge in [-0.05, 0) is 63.9 Å². The van der Waals surface area contributed by atoms with Gasteiger partial charge in [0, 0.05) is 19.0 Å². The highest BCUT2D eigenvalue weighted by Crippen LogP contribution is 2.22. The minimum Gasteiger partial charge on any atom is -0.317 e. The zero-order chi connectivity index (χ0) is 13.7. The average Bonchev–Trinajstić information content (AvgIpc) is 2.61. The van der Waals surface area contributed by atoms with Gasteiger partial charge in [-0.3, -0.25) is 4.68 Å². The van der Waals surface area contributed by atoms with Gasteiger partial charge in [0.05, 0.1) is 15.9 Å². The number of aryl methyl sites for hydroxylation is 2. The maximum absolute atomic E-state index is 4.54. The molecule has 1 N–H and O–H groups in total. The van der Waals surface area contributed by atoms with Gasteiger partial charge in [0.25, 0.3) is 0 Å². The lowest BCUT2D eigenvalue weighted by Crippen LogP contribution is -2.32. The second kappa shape index (κ2) is 7.26. The number of hydrogen-bond acceptors (Lipinski definition) is 3. The number of likely N-dealkylation sites (N-methyl/N-ethyl adjacent to an activating group) is 1. The van der Waals surface area contributed by atoms with E-state index in [1.54, 1.807) is 0 Å². The molecule has 0 amide bonds. The third-order valence-corrected chi connectivity index (χ3v) is 4.26. The Morgan fingerprint density at radius 2 is 2.11 bits per heavy atom. The van der Waals surface area contributed by atoms with E-state index in [1.807, 2.05) is 14.0 Å². The fourth-order valence-corrected chi connectivity index (χ4v) is 2.51. The highest BCUT2D eigenvalue weighted by Gasteiger charge is 2.16. The molecule has 0 saturated heterocycles.